The van der Waals surface area contributed by atoms with E-state index < -0.39 is 12.7 Å². The molecule has 2 N–H and O–H groups in total. The van der Waals surface area contributed by atoms with Gasteiger partial charge in [-0.25, -0.2) is 0 Å². The van der Waals surface area contributed by atoms with Crippen molar-refractivity contribution in [2.75, 3.05) is 44.7 Å². The summed E-state index contributed by atoms with van der Waals surface area (Å²) in [7, 11) is 0. The summed E-state index contributed by atoms with van der Waals surface area (Å²) in [6, 6.07) is 6.38. The molecule has 1 fully saturated rings. The SMILES string of the molecule is N#Cc1cnc2ccc(OC(F)F)cc2c1NCC(O)CN1CCOCC1. The predicted octanol–water partition coefficient (Wildman–Crippen LogP) is 1.81. The molecule has 7 nitrogen and oxygen atoms in total. The Morgan fingerprint density at radius 1 is 1.37 bits per heavy atom. The maximum absolute atomic E-state index is 12.5. The quantitative estimate of drug-likeness (QED) is 0.759. The molecule has 27 heavy (non-hydrogen) atoms. The first-order valence-electron chi connectivity index (χ1n) is 8.56. The molecule has 0 aliphatic carbocycles. The number of aliphatic hydroxyl groups excluding tert-OH is 1. The number of nitrogens with zero attached hydrogens (tertiary/aromatic N) is 3. The van der Waals surface area contributed by atoms with Crippen molar-refractivity contribution in [3.05, 3.63) is 30.0 Å². The van der Waals surface area contributed by atoms with Crippen LogP contribution in [0.5, 0.6) is 5.75 Å². The van der Waals surface area contributed by atoms with Crippen molar-refractivity contribution >= 4 is 16.6 Å². The molecule has 1 aliphatic rings. The van der Waals surface area contributed by atoms with Crippen molar-refractivity contribution in [3.63, 3.8) is 0 Å². The lowest BCUT2D eigenvalue weighted by atomic mass is 10.1. The number of rotatable bonds is 7. The molecule has 2 heterocycles. The molecule has 0 amide bonds. The van der Waals surface area contributed by atoms with E-state index in [1.54, 1.807) is 6.07 Å². The number of pyridine rings is 1. The summed E-state index contributed by atoms with van der Waals surface area (Å²) in [5, 5.41) is 23.2. The topological polar surface area (TPSA) is 90.6 Å². The molecular weight excluding hydrogens is 358 g/mol. The monoisotopic (exact) mass is 378 g/mol. The first-order chi connectivity index (χ1) is 13.1. The van der Waals surface area contributed by atoms with Crippen LogP contribution in [0.25, 0.3) is 10.9 Å². The summed E-state index contributed by atoms with van der Waals surface area (Å²) < 4.78 is 34.7. The number of halogens is 2. The second-order valence-corrected chi connectivity index (χ2v) is 6.16. The van der Waals surface area contributed by atoms with Crippen LogP contribution in [0.4, 0.5) is 14.5 Å². The first kappa shape index (κ1) is 19.2. The number of alkyl halides is 2. The van der Waals surface area contributed by atoms with Gasteiger partial charge >= 0.3 is 6.61 Å². The van der Waals surface area contributed by atoms with E-state index in [2.05, 4.69) is 19.9 Å². The molecule has 0 bridgehead atoms. The zero-order valence-corrected chi connectivity index (χ0v) is 14.6. The van der Waals surface area contributed by atoms with Gasteiger partial charge in [-0.2, -0.15) is 14.0 Å². The Balaban J connectivity index is 1.77. The number of benzene rings is 1. The minimum absolute atomic E-state index is 0.0219. The van der Waals surface area contributed by atoms with Gasteiger partial charge in [0.25, 0.3) is 0 Å². The van der Waals surface area contributed by atoms with Crippen LogP contribution in [0.15, 0.2) is 24.4 Å². The van der Waals surface area contributed by atoms with E-state index in [0.29, 0.717) is 36.3 Å². The van der Waals surface area contributed by atoms with E-state index in [-0.39, 0.29) is 17.9 Å². The Kier molecular flexibility index (Phi) is 6.34. The highest BCUT2D eigenvalue weighted by Crippen LogP contribution is 2.29. The van der Waals surface area contributed by atoms with Gasteiger partial charge in [-0.05, 0) is 18.2 Å². The summed E-state index contributed by atoms with van der Waals surface area (Å²) in [4.78, 5) is 6.26. The van der Waals surface area contributed by atoms with Crippen molar-refractivity contribution in [3.8, 4) is 11.8 Å². The number of anilines is 1. The minimum Gasteiger partial charge on any atom is -0.435 e. The van der Waals surface area contributed by atoms with E-state index in [1.807, 2.05) is 6.07 Å². The molecule has 1 saturated heterocycles. The van der Waals surface area contributed by atoms with Crippen LogP contribution in [0.2, 0.25) is 0 Å². The fourth-order valence-electron chi connectivity index (χ4n) is 2.99. The van der Waals surface area contributed by atoms with Crippen molar-refractivity contribution in [1.82, 2.24) is 9.88 Å². The number of hydrogen-bond donors (Lipinski definition) is 2. The smallest absolute Gasteiger partial charge is 0.387 e. The molecule has 9 heteroatoms. The van der Waals surface area contributed by atoms with Gasteiger partial charge in [-0.1, -0.05) is 0 Å². The number of aliphatic hydroxyl groups is 1. The zero-order chi connectivity index (χ0) is 19.2. The molecule has 0 saturated carbocycles. The minimum atomic E-state index is -2.94. The molecule has 0 radical (unpaired) electrons. The van der Waals surface area contributed by atoms with Crippen LogP contribution < -0.4 is 10.1 Å². The lowest BCUT2D eigenvalue weighted by Crippen LogP contribution is -2.42. The number of nitriles is 1. The number of morpholine rings is 1. The summed E-state index contributed by atoms with van der Waals surface area (Å²) in [6.45, 7) is 0.522. The van der Waals surface area contributed by atoms with E-state index in [1.165, 1.54) is 18.3 Å². The molecule has 1 unspecified atom stereocenters. The Morgan fingerprint density at radius 3 is 2.85 bits per heavy atom. The van der Waals surface area contributed by atoms with Crippen LogP contribution in [-0.2, 0) is 4.74 Å². The summed E-state index contributed by atoms with van der Waals surface area (Å²) >= 11 is 0. The Labute approximate surface area is 155 Å². The summed E-state index contributed by atoms with van der Waals surface area (Å²) in [5.74, 6) is -0.0219. The van der Waals surface area contributed by atoms with Crippen LogP contribution in [0.3, 0.4) is 0 Å². The molecular formula is C18H20F2N4O3. The predicted molar refractivity (Wildman–Crippen MR) is 94.8 cm³/mol. The average Bonchev–Trinajstić information content (AvgIpc) is 2.66. The third-order valence-corrected chi connectivity index (χ3v) is 4.27. The molecule has 144 valence electrons. The normalized spacial score (nSPS) is 16.3. The first-order valence-corrected chi connectivity index (χ1v) is 8.56. The Bertz CT molecular complexity index is 822. The highest BCUT2D eigenvalue weighted by atomic mass is 19.3. The molecule has 1 aliphatic heterocycles. The molecule has 1 atom stereocenters. The second kappa shape index (κ2) is 8.90. The van der Waals surface area contributed by atoms with Crippen molar-refractivity contribution in [1.29, 1.82) is 5.26 Å². The average molecular weight is 378 g/mol. The fraction of sp³-hybridized carbons (Fsp3) is 0.444. The van der Waals surface area contributed by atoms with Crippen LogP contribution in [0.1, 0.15) is 5.56 Å². The van der Waals surface area contributed by atoms with Gasteiger partial charge in [0.2, 0.25) is 0 Å². The highest BCUT2D eigenvalue weighted by Gasteiger charge is 2.17. The van der Waals surface area contributed by atoms with Gasteiger partial charge in [-0.3, -0.25) is 9.88 Å². The summed E-state index contributed by atoms with van der Waals surface area (Å²) in [5.41, 5.74) is 1.22. The lowest BCUT2D eigenvalue weighted by Gasteiger charge is -2.28. The maximum Gasteiger partial charge on any atom is 0.387 e. The van der Waals surface area contributed by atoms with Crippen LogP contribution >= 0.6 is 0 Å². The molecule has 1 aromatic carbocycles. The number of nitrogens with one attached hydrogen (secondary N) is 1. The Morgan fingerprint density at radius 2 is 2.15 bits per heavy atom. The van der Waals surface area contributed by atoms with Crippen LogP contribution in [-0.4, -0.2) is 67.1 Å². The zero-order valence-electron chi connectivity index (χ0n) is 14.6. The van der Waals surface area contributed by atoms with Gasteiger partial charge in [0, 0.05) is 37.8 Å². The molecule has 3 rings (SSSR count). The molecule has 0 spiro atoms. The van der Waals surface area contributed by atoms with E-state index in [0.717, 1.165) is 13.1 Å². The third-order valence-electron chi connectivity index (χ3n) is 4.27. The second-order valence-electron chi connectivity index (χ2n) is 6.16. The largest absolute Gasteiger partial charge is 0.435 e. The number of fused-ring (bicyclic) bond motifs is 1. The highest BCUT2D eigenvalue weighted by molar-refractivity contribution is 5.94. The number of hydrogen-bond acceptors (Lipinski definition) is 7. The standard InChI is InChI=1S/C18H20F2N4O3/c19-18(20)27-14-1-2-16-15(7-14)17(12(8-21)9-22-16)23-10-13(25)11-24-3-5-26-6-4-24/h1-2,7,9,13,18,25H,3-6,10-11H2,(H,22,23). The molecule has 2 aromatic rings. The van der Waals surface area contributed by atoms with Gasteiger partial charge < -0.3 is 19.9 Å². The fourth-order valence-corrected chi connectivity index (χ4v) is 2.99. The van der Waals surface area contributed by atoms with Crippen molar-refractivity contribution in [2.45, 2.75) is 12.7 Å². The van der Waals surface area contributed by atoms with E-state index in [4.69, 9.17) is 4.74 Å². The van der Waals surface area contributed by atoms with Gasteiger partial charge in [0.1, 0.15) is 11.8 Å². The summed E-state index contributed by atoms with van der Waals surface area (Å²) in [6.07, 6.45) is 0.741. The lowest BCUT2D eigenvalue weighted by molar-refractivity contribution is -0.0497. The Hall–Kier alpha value is -2.54. The van der Waals surface area contributed by atoms with Gasteiger partial charge in [0.15, 0.2) is 0 Å². The third kappa shape index (κ3) is 5.01. The molecule has 1 aromatic heterocycles. The number of ether oxygens (including phenoxy) is 2. The van der Waals surface area contributed by atoms with Crippen molar-refractivity contribution < 1.29 is 23.4 Å². The van der Waals surface area contributed by atoms with Gasteiger partial charge in [0.05, 0.1) is 36.1 Å². The van der Waals surface area contributed by atoms with Crippen LogP contribution in [0, 0.1) is 11.3 Å². The van der Waals surface area contributed by atoms with E-state index >= 15 is 0 Å². The number of β-amino-alcohol motifs (C(OH)–C–C–N with tert-alkyl or cyclic N) is 1. The van der Waals surface area contributed by atoms with Crippen molar-refractivity contribution in [2.24, 2.45) is 0 Å². The number of aromatic nitrogens is 1. The maximum atomic E-state index is 12.5. The van der Waals surface area contributed by atoms with Gasteiger partial charge in [-0.15, -0.1) is 0 Å². The van der Waals surface area contributed by atoms with E-state index in [9.17, 15) is 19.1 Å².